The largest absolute Gasteiger partial charge is 0.505 e. The molecule has 0 radical (unpaired) electrons. The van der Waals surface area contributed by atoms with Crippen molar-refractivity contribution in [3.8, 4) is 11.5 Å². The first-order valence-corrected chi connectivity index (χ1v) is 3.46. The number of phenols is 1. The SMILES string of the molecule is COc1cc(O)c(F)c(N)c1Cl. The normalized spacial score (nSPS) is 9.92. The second kappa shape index (κ2) is 3.06. The number of aromatic hydroxyl groups is 1. The number of rotatable bonds is 1. The van der Waals surface area contributed by atoms with E-state index in [0.717, 1.165) is 6.07 Å². The van der Waals surface area contributed by atoms with Gasteiger partial charge < -0.3 is 15.6 Å². The second-order valence-electron chi connectivity index (χ2n) is 2.14. The lowest BCUT2D eigenvalue weighted by molar-refractivity contribution is 0.398. The number of phenolic OH excluding ortho intramolecular Hbond substituents is 1. The van der Waals surface area contributed by atoms with Gasteiger partial charge in [0.15, 0.2) is 11.6 Å². The highest BCUT2D eigenvalue weighted by Gasteiger charge is 2.14. The average Bonchev–Trinajstić information content (AvgIpc) is 2.08. The predicted octanol–water partition coefficient (Wildman–Crippen LogP) is 1.78. The molecule has 0 spiro atoms. The minimum Gasteiger partial charge on any atom is -0.505 e. The minimum atomic E-state index is -0.930. The Bertz CT molecular complexity index is 317. The van der Waals surface area contributed by atoms with E-state index in [-0.39, 0.29) is 16.5 Å². The number of methoxy groups -OCH3 is 1. The van der Waals surface area contributed by atoms with Crippen LogP contribution in [0.25, 0.3) is 0 Å². The summed E-state index contributed by atoms with van der Waals surface area (Å²) in [5.74, 6) is -1.36. The molecule has 0 amide bonds. The van der Waals surface area contributed by atoms with Crippen molar-refractivity contribution < 1.29 is 14.2 Å². The van der Waals surface area contributed by atoms with Crippen LogP contribution in [0.1, 0.15) is 0 Å². The van der Waals surface area contributed by atoms with Crippen molar-refractivity contribution in [1.82, 2.24) is 0 Å². The van der Waals surface area contributed by atoms with Crippen LogP contribution in [0.2, 0.25) is 5.02 Å². The number of halogens is 2. The molecule has 1 rings (SSSR count). The standard InChI is InChI=1S/C7H7ClFNO2/c1-12-4-2-3(11)6(9)7(10)5(4)8/h2,11H,10H2,1H3. The first-order valence-electron chi connectivity index (χ1n) is 3.08. The molecule has 0 saturated heterocycles. The molecule has 0 aliphatic heterocycles. The molecule has 3 N–H and O–H groups in total. The van der Waals surface area contributed by atoms with Gasteiger partial charge >= 0.3 is 0 Å². The second-order valence-corrected chi connectivity index (χ2v) is 2.52. The molecule has 0 saturated carbocycles. The monoisotopic (exact) mass is 191 g/mol. The van der Waals surface area contributed by atoms with E-state index in [1.165, 1.54) is 7.11 Å². The lowest BCUT2D eigenvalue weighted by Gasteiger charge is -2.07. The van der Waals surface area contributed by atoms with Gasteiger partial charge in [0.25, 0.3) is 0 Å². The summed E-state index contributed by atoms with van der Waals surface area (Å²) < 4.78 is 17.5. The maximum Gasteiger partial charge on any atom is 0.189 e. The Morgan fingerprint density at radius 1 is 1.67 bits per heavy atom. The lowest BCUT2D eigenvalue weighted by atomic mass is 10.2. The van der Waals surface area contributed by atoms with Gasteiger partial charge in [0.05, 0.1) is 12.8 Å². The Hall–Kier alpha value is -1.16. The fourth-order valence-corrected chi connectivity index (χ4v) is 0.981. The number of benzene rings is 1. The van der Waals surface area contributed by atoms with E-state index in [2.05, 4.69) is 0 Å². The van der Waals surface area contributed by atoms with Crippen LogP contribution in [0.5, 0.6) is 11.5 Å². The van der Waals surface area contributed by atoms with Gasteiger partial charge in [-0.15, -0.1) is 0 Å². The molecule has 0 aromatic heterocycles. The van der Waals surface area contributed by atoms with E-state index in [1.54, 1.807) is 0 Å². The zero-order valence-corrected chi connectivity index (χ0v) is 7.02. The third kappa shape index (κ3) is 1.25. The number of hydrogen-bond acceptors (Lipinski definition) is 3. The quantitative estimate of drug-likeness (QED) is 0.666. The molecule has 0 fully saturated rings. The van der Waals surface area contributed by atoms with Gasteiger partial charge in [-0.2, -0.15) is 0 Å². The lowest BCUT2D eigenvalue weighted by Crippen LogP contribution is -1.95. The van der Waals surface area contributed by atoms with Crippen molar-refractivity contribution >= 4 is 17.3 Å². The maximum absolute atomic E-state index is 12.8. The van der Waals surface area contributed by atoms with Crippen LogP contribution in [0.3, 0.4) is 0 Å². The summed E-state index contributed by atoms with van der Waals surface area (Å²) in [4.78, 5) is 0. The third-order valence-corrected chi connectivity index (χ3v) is 1.79. The molecular weight excluding hydrogens is 185 g/mol. The highest BCUT2D eigenvalue weighted by molar-refractivity contribution is 6.34. The Morgan fingerprint density at radius 3 is 2.75 bits per heavy atom. The summed E-state index contributed by atoms with van der Waals surface area (Å²) in [5, 5.41) is 8.91. The highest BCUT2D eigenvalue weighted by atomic mass is 35.5. The molecule has 0 heterocycles. The Morgan fingerprint density at radius 2 is 2.25 bits per heavy atom. The average molecular weight is 192 g/mol. The van der Waals surface area contributed by atoms with Gasteiger partial charge in [0.1, 0.15) is 10.8 Å². The molecule has 0 aliphatic carbocycles. The molecule has 3 nitrogen and oxygen atoms in total. The van der Waals surface area contributed by atoms with E-state index in [1.807, 2.05) is 0 Å². The fraction of sp³-hybridized carbons (Fsp3) is 0.143. The summed E-state index contributed by atoms with van der Waals surface area (Å²) >= 11 is 5.57. The fourth-order valence-electron chi connectivity index (χ4n) is 0.766. The van der Waals surface area contributed by atoms with Gasteiger partial charge in [-0.1, -0.05) is 11.6 Å². The number of nitrogens with two attached hydrogens (primary N) is 1. The Balaban J connectivity index is 3.39. The zero-order valence-electron chi connectivity index (χ0n) is 6.27. The van der Waals surface area contributed by atoms with Crippen LogP contribution < -0.4 is 10.5 Å². The molecule has 0 bridgehead atoms. The molecule has 1 aromatic carbocycles. The van der Waals surface area contributed by atoms with E-state index in [4.69, 9.17) is 27.2 Å². The van der Waals surface area contributed by atoms with Gasteiger partial charge in [0, 0.05) is 6.07 Å². The number of ether oxygens (including phenoxy) is 1. The van der Waals surface area contributed by atoms with E-state index in [0.29, 0.717) is 0 Å². The van der Waals surface area contributed by atoms with E-state index >= 15 is 0 Å². The smallest absolute Gasteiger partial charge is 0.189 e. The van der Waals surface area contributed by atoms with Crippen LogP contribution in [0, 0.1) is 5.82 Å². The van der Waals surface area contributed by atoms with Gasteiger partial charge in [-0.3, -0.25) is 0 Å². The summed E-state index contributed by atoms with van der Waals surface area (Å²) in [6.45, 7) is 0. The minimum absolute atomic E-state index is 0.0344. The van der Waals surface area contributed by atoms with Crippen molar-refractivity contribution in [3.05, 3.63) is 16.9 Å². The van der Waals surface area contributed by atoms with E-state index in [9.17, 15) is 4.39 Å². The van der Waals surface area contributed by atoms with Crippen LogP contribution >= 0.6 is 11.6 Å². The van der Waals surface area contributed by atoms with Crippen molar-refractivity contribution in [2.75, 3.05) is 12.8 Å². The molecule has 0 aliphatic rings. The molecular formula is C7H7ClFNO2. The predicted molar refractivity (Wildman–Crippen MR) is 44.0 cm³/mol. The highest BCUT2D eigenvalue weighted by Crippen LogP contribution is 2.37. The third-order valence-electron chi connectivity index (χ3n) is 1.40. The Labute approximate surface area is 73.5 Å². The Kier molecular flexibility index (Phi) is 2.28. The van der Waals surface area contributed by atoms with Gasteiger partial charge in [-0.25, -0.2) is 4.39 Å². The molecule has 1 aromatic rings. The van der Waals surface area contributed by atoms with Crippen LogP contribution in [0.15, 0.2) is 6.07 Å². The van der Waals surface area contributed by atoms with Crippen molar-refractivity contribution in [3.63, 3.8) is 0 Å². The van der Waals surface area contributed by atoms with Crippen molar-refractivity contribution in [2.45, 2.75) is 0 Å². The zero-order chi connectivity index (χ0) is 9.30. The summed E-state index contributed by atoms with van der Waals surface area (Å²) in [5.41, 5.74) is 4.90. The maximum atomic E-state index is 12.8. The molecule has 0 unspecified atom stereocenters. The topological polar surface area (TPSA) is 55.5 Å². The summed E-state index contributed by atoms with van der Waals surface area (Å²) in [6, 6.07) is 1.06. The van der Waals surface area contributed by atoms with Crippen LogP contribution in [0.4, 0.5) is 10.1 Å². The molecule has 5 heteroatoms. The first kappa shape index (κ1) is 8.93. The first-order chi connectivity index (χ1) is 5.57. The number of nitrogen functional groups attached to an aromatic ring is 1. The van der Waals surface area contributed by atoms with Gasteiger partial charge in [0.2, 0.25) is 0 Å². The van der Waals surface area contributed by atoms with Crippen molar-refractivity contribution in [2.24, 2.45) is 0 Å². The molecule has 0 atom stereocenters. The summed E-state index contributed by atoms with van der Waals surface area (Å²) in [6.07, 6.45) is 0. The van der Waals surface area contributed by atoms with Crippen LogP contribution in [-0.2, 0) is 0 Å². The molecule has 66 valence electrons. The van der Waals surface area contributed by atoms with Crippen molar-refractivity contribution in [1.29, 1.82) is 0 Å². The molecule has 12 heavy (non-hydrogen) atoms. The number of anilines is 1. The van der Waals surface area contributed by atoms with E-state index < -0.39 is 11.6 Å². The summed E-state index contributed by atoms with van der Waals surface area (Å²) in [7, 11) is 1.35. The van der Waals surface area contributed by atoms with Crippen LogP contribution in [-0.4, -0.2) is 12.2 Å². The van der Waals surface area contributed by atoms with Gasteiger partial charge in [-0.05, 0) is 0 Å². The number of hydrogen-bond donors (Lipinski definition) is 2.